The number of nitrogen functional groups attached to an aromatic ring is 1. The van der Waals surface area contributed by atoms with Gasteiger partial charge < -0.3 is 5.73 Å². The van der Waals surface area contributed by atoms with Crippen molar-refractivity contribution in [3.8, 4) is 0 Å². The van der Waals surface area contributed by atoms with Crippen LogP contribution >= 0.6 is 0 Å². The maximum absolute atomic E-state index is 11.1. The third-order valence-corrected chi connectivity index (χ3v) is 2.68. The summed E-state index contributed by atoms with van der Waals surface area (Å²) >= 11 is 0. The van der Waals surface area contributed by atoms with Crippen molar-refractivity contribution in [3.63, 3.8) is 0 Å². The van der Waals surface area contributed by atoms with Gasteiger partial charge in [0.25, 0.3) is 0 Å². The van der Waals surface area contributed by atoms with Crippen LogP contribution in [0.5, 0.6) is 0 Å². The van der Waals surface area contributed by atoms with Crippen molar-refractivity contribution in [1.29, 1.82) is 5.41 Å². The van der Waals surface area contributed by atoms with Crippen LogP contribution in [0.3, 0.4) is 0 Å². The molecule has 0 unspecified atom stereocenters. The highest BCUT2D eigenvalue weighted by molar-refractivity contribution is 7.90. The third kappa shape index (κ3) is 2.29. The minimum atomic E-state index is -3.21. The third-order valence-electron chi connectivity index (χ3n) is 1.57. The highest BCUT2D eigenvalue weighted by atomic mass is 32.2. The molecule has 70 valence electrons. The smallest absolute Gasteiger partial charge is 0.175 e. The van der Waals surface area contributed by atoms with E-state index in [-0.39, 0.29) is 10.7 Å². The van der Waals surface area contributed by atoms with Crippen LogP contribution in [-0.2, 0) is 9.84 Å². The van der Waals surface area contributed by atoms with E-state index in [0.717, 1.165) is 6.26 Å². The Kier molecular flexibility index (Phi) is 2.38. The van der Waals surface area contributed by atoms with Gasteiger partial charge in [-0.25, -0.2) is 8.42 Å². The quantitative estimate of drug-likeness (QED) is 0.532. The number of nitrogens with one attached hydrogen (secondary N) is 1. The second kappa shape index (κ2) is 3.18. The molecule has 0 amide bonds. The molecule has 0 heterocycles. The monoisotopic (exact) mass is 198 g/mol. The zero-order valence-electron chi connectivity index (χ0n) is 7.11. The van der Waals surface area contributed by atoms with Gasteiger partial charge in [-0.2, -0.15) is 0 Å². The van der Waals surface area contributed by atoms with Gasteiger partial charge in [0.1, 0.15) is 5.84 Å². The Bertz CT molecular complexity index is 437. The molecule has 0 spiro atoms. The molecule has 0 aliphatic rings. The van der Waals surface area contributed by atoms with Crippen LogP contribution < -0.4 is 5.73 Å². The molecule has 3 N–H and O–H groups in total. The van der Waals surface area contributed by atoms with Crippen molar-refractivity contribution in [2.24, 2.45) is 5.73 Å². The van der Waals surface area contributed by atoms with Crippen LogP contribution in [0.1, 0.15) is 5.56 Å². The molecule has 0 radical (unpaired) electrons. The molecule has 13 heavy (non-hydrogen) atoms. The molecule has 0 saturated heterocycles. The predicted molar refractivity (Wildman–Crippen MR) is 50.6 cm³/mol. The summed E-state index contributed by atoms with van der Waals surface area (Å²) in [5, 5.41) is 7.12. The van der Waals surface area contributed by atoms with Gasteiger partial charge in [-0.1, -0.05) is 12.1 Å². The zero-order valence-corrected chi connectivity index (χ0v) is 7.93. The molecule has 1 aromatic carbocycles. The van der Waals surface area contributed by atoms with E-state index in [9.17, 15) is 8.42 Å². The van der Waals surface area contributed by atoms with Crippen molar-refractivity contribution < 1.29 is 8.42 Å². The van der Waals surface area contributed by atoms with Gasteiger partial charge in [0.15, 0.2) is 9.84 Å². The summed E-state index contributed by atoms with van der Waals surface area (Å²) in [6.45, 7) is 0. The largest absolute Gasteiger partial charge is 0.384 e. The Labute approximate surface area is 76.8 Å². The maximum atomic E-state index is 11.1. The lowest BCUT2D eigenvalue weighted by Gasteiger charge is -2.01. The molecule has 0 fully saturated rings. The van der Waals surface area contributed by atoms with Crippen LogP contribution in [0.4, 0.5) is 0 Å². The Morgan fingerprint density at radius 1 is 1.46 bits per heavy atom. The zero-order chi connectivity index (χ0) is 10.1. The van der Waals surface area contributed by atoms with Crippen molar-refractivity contribution in [2.45, 2.75) is 4.90 Å². The summed E-state index contributed by atoms with van der Waals surface area (Å²) in [6, 6.07) is 6.02. The topological polar surface area (TPSA) is 84.0 Å². The Hall–Kier alpha value is -1.36. The minimum Gasteiger partial charge on any atom is -0.384 e. The summed E-state index contributed by atoms with van der Waals surface area (Å²) in [7, 11) is -3.21. The number of amidine groups is 1. The van der Waals surface area contributed by atoms with Gasteiger partial charge >= 0.3 is 0 Å². The first-order chi connectivity index (χ1) is 5.91. The first-order valence-corrected chi connectivity index (χ1v) is 5.45. The van der Waals surface area contributed by atoms with Gasteiger partial charge in [-0.15, -0.1) is 0 Å². The lowest BCUT2D eigenvalue weighted by atomic mass is 10.2. The van der Waals surface area contributed by atoms with Gasteiger partial charge in [0, 0.05) is 11.8 Å². The summed E-state index contributed by atoms with van der Waals surface area (Å²) in [5.74, 6) is -0.134. The number of nitrogens with two attached hydrogens (primary N) is 1. The average Bonchev–Trinajstić information content (AvgIpc) is 2.03. The summed E-state index contributed by atoms with van der Waals surface area (Å²) in [4.78, 5) is 0.181. The van der Waals surface area contributed by atoms with E-state index in [0.29, 0.717) is 5.56 Å². The maximum Gasteiger partial charge on any atom is 0.175 e. The summed E-state index contributed by atoms with van der Waals surface area (Å²) < 4.78 is 22.2. The van der Waals surface area contributed by atoms with Gasteiger partial charge in [-0.05, 0) is 12.1 Å². The van der Waals surface area contributed by atoms with E-state index in [1.54, 1.807) is 12.1 Å². The van der Waals surface area contributed by atoms with Crippen molar-refractivity contribution in [3.05, 3.63) is 29.8 Å². The molecule has 4 nitrogen and oxygen atoms in total. The second-order valence-electron chi connectivity index (χ2n) is 2.71. The van der Waals surface area contributed by atoms with Crippen molar-refractivity contribution in [2.75, 3.05) is 6.26 Å². The van der Waals surface area contributed by atoms with Crippen LogP contribution in [0.2, 0.25) is 0 Å². The molecule has 0 atom stereocenters. The van der Waals surface area contributed by atoms with Crippen molar-refractivity contribution >= 4 is 15.7 Å². The molecule has 0 bridgehead atoms. The molecule has 0 saturated carbocycles. The number of hydrogen-bond donors (Lipinski definition) is 2. The fourth-order valence-corrected chi connectivity index (χ4v) is 1.56. The molecule has 0 aromatic heterocycles. The molecule has 0 aliphatic heterocycles. The highest BCUT2D eigenvalue weighted by Crippen LogP contribution is 2.10. The first kappa shape index (κ1) is 9.73. The first-order valence-electron chi connectivity index (χ1n) is 3.56. The van der Waals surface area contributed by atoms with Crippen LogP contribution in [0, 0.1) is 5.41 Å². The molecule has 0 aliphatic carbocycles. The van der Waals surface area contributed by atoms with Crippen LogP contribution in [0.15, 0.2) is 29.2 Å². The van der Waals surface area contributed by atoms with Gasteiger partial charge in [0.05, 0.1) is 4.90 Å². The lowest BCUT2D eigenvalue weighted by molar-refractivity contribution is 0.602. The van der Waals surface area contributed by atoms with Crippen LogP contribution in [0.25, 0.3) is 0 Å². The normalized spacial score (nSPS) is 11.2. The number of rotatable bonds is 2. The SMILES string of the molecule is CS(=O)(=O)c1cccc(C(=N)N)c1. The van der Waals surface area contributed by atoms with E-state index in [4.69, 9.17) is 11.1 Å². The number of hydrogen-bond acceptors (Lipinski definition) is 3. The number of sulfone groups is 1. The molecule has 5 heteroatoms. The van der Waals surface area contributed by atoms with E-state index in [1.165, 1.54) is 12.1 Å². The summed E-state index contributed by atoms with van der Waals surface area (Å²) in [6.07, 6.45) is 1.12. The molecule has 1 rings (SSSR count). The summed E-state index contributed by atoms with van der Waals surface area (Å²) in [5.41, 5.74) is 5.63. The van der Waals surface area contributed by atoms with E-state index < -0.39 is 9.84 Å². The van der Waals surface area contributed by atoms with E-state index in [1.807, 2.05) is 0 Å². The molecular weight excluding hydrogens is 188 g/mol. The van der Waals surface area contributed by atoms with E-state index >= 15 is 0 Å². The fraction of sp³-hybridized carbons (Fsp3) is 0.125. The standard InChI is InChI=1S/C8H10N2O2S/c1-13(11,12)7-4-2-3-6(5-7)8(9)10/h2-5H,1H3,(H3,9,10). The highest BCUT2D eigenvalue weighted by Gasteiger charge is 2.07. The van der Waals surface area contributed by atoms with Gasteiger partial charge in [0.2, 0.25) is 0 Å². The fourth-order valence-electron chi connectivity index (χ4n) is 0.894. The molecule has 1 aromatic rings. The average molecular weight is 198 g/mol. The Morgan fingerprint density at radius 2 is 2.08 bits per heavy atom. The molecular formula is C8H10N2O2S. The minimum absolute atomic E-state index is 0.134. The predicted octanol–water partition coefficient (Wildman–Crippen LogP) is 0.374. The van der Waals surface area contributed by atoms with Crippen molar-refractivity contribution in [1.82, 2.24) is 0 Å². The lowest BCUT2D eigenvalue weighted by Crippen LogP contribution is -2.11. The van der Waals surface area contributed by atoms with E-state index in [2.05, 4.69) is 0 Å². The Morgan fingerprint density at radius 3 is 2.54 bits per heavy atom. The second-order valence-corrected chi connectivity index (χ2v) is 4.73. The van der Waals surface area contributed by atoms with Gasteiger partial charge in [-0.3, -0.25) is 5.41 Å². The van der Waals surface area contributed by atoms with Crippen LogP contribution in [-0.4, -0.2) is 20.5 Å². The Balaban J connectivity index is 3.29. The number of benzene rings is 1.